The summed E-state index contributed by atoms with van der Waals surface area (Å²) < 4.78 is 27.5. The van der Waals surface area contributed by atoms with E-state index in [9.17, 15) is 8.42 Å². The van der Waals surface area contributed by atoms with Gasteiger partial charge in [-0.1, -0.05) is 60.8 Å². The molecule has 0 bridgehead atoms. The Bertz CT molecular complexity index is 1170. The Morgan fingerprint density at radius 2 is 1.69 bits per heavy atom. The van der Waals surface area contributed by atoms with Crippen LogP contribution in [0.5, 0.6) is 0 Å². The molecule has 0 radical (unpaired) electrons. The quantitative estimate of drug-likeness (QED) is 0.421. The molecule has 2 aromatic carbocycles. The first-order valence-corrected chi connectivity index (χ1v) is 13.7. The van der Waals surface area contributed by atoms with E-state index in [0.717, 1.165) is 30.1 Å². The molecule has 0 spiro atoms. The fourth-order valence-corrected chi connectivity index (χ4v) is 6.84. The third-order valence-electron chi connectivity index (χ3n) is 5.51. The molecule has 170 valence electrons. The van der Waals surface area contributed by atoms with E-state index in [4.69, 9.17) is 28.2 Å². The van der Waals surface area contributed by atoms with Gasteiger partial charge in [0.2, 0.25) is 10.0 Å². The molecule has 32 heavy (non-hydrogen) atoms. The van der Waals surface area contributed by atoms with Gasteiger partial charge in [0.05, 0.1) is 10.7 Å². The van der Waals surface area contributed by atoms with E-state index in [1.807, 2.05) is 0 Å². The minimum absolute atomic E-state index is 0.0958. The molecule has 2 heterocycles. The van der Waals surface area contributed by atoms with Gasteiger partial charge in [-0.05, 0) is 35.7 Å². The molecule has 0 aliphatic carbocycles. The van der Waals surface area contributed by atoms with Crippen molar-refractivity contribution in [1.82, 2.24) is 9.29 Å². The first kappa shape index (κ1) is 23.5. The maximum atomic E-state index is 13.0. The second kappa shape index (κ2) is 10.1. The molecule has 0 saturated carbocycles. The van der Waals surface area contributed by atoms with Crippen LogP contribution in [-0.2, 0) is 22.9 Å². The summed E-state index contributed by atoms with van der Waals surface area (Å²) in [6, 6.07) is 13.2. The van der Waals surface area contributed by atoms with Gasteiger partial charge < -0.3 is 4.90 Å². The number of nitrogens with zero attached hydrogens (tertiary/aromatic N) is 3. The summed E-state index contributed by atoms with van der Waals surface area (Å²) >= 11 is 13.7. The van der Waals surface area contributed by atoms with Crippen LogP contribution in [0.15, 0.2) is 52.7 Å². The number of thiazole rings is 1. The fraction of sp³-hybridized carbons (Fsp3) is 0.348. The van der Waals surface area contributed by atoms with Crippen LogP contribution in [0.4, 0.5) is 5.13 Å². The van der Waals surface area contributed by atoms with Gasteiger partial charge in [0.15, 0.2) is 5.13 Å². The zero-order valence-corrected chi connectivity index (χ0v) is 20.9. The number of sulfonamides is 1. The van der Waals surface area contributed by atoms with Crippen LogP contribution in [0.2, 0.25) is 10.0 Å². The van der Waals surface area contributed by atoms with E-state index in [1.165, 1.54) is 27.6 Å². The monoisotopic (exact) mass is 509 g/mol. The van der Waals surface area contributed by atoms with Crippen molar-refractivity contribution in [2.24, 2.45) is 0 Å². The maximum absolute atomic E-state index is 13.0. The average Bonchev–Trinajstić information content (AvgIpc) is 3.24. The lowest BCUT2D eigenvalue weighted by Crippen LogP contribution is -2.48. The summed E-state index contributed by atoms with van der Waals surface area (Å²) in [4.78, 5) is 7.04. The van der Waals surface area contributed by atoms with Crippen LogP contribution in [0.3, 0.4) is 0 Å². The minimum atomic E-state index is -3.66. The van der Waals surface area contributed by atoms with Crippen LogP contribution in [0.25, 0.3) is 0 Å². The summed E-state index contributed by atoms with van der Waals surface area (Å²) in [5.41, 5.74) is 3.65. The van der Waals surface area contributed by atoms with Gasteiger partial charge in [0.1, 0.15) is 4.90 Å². The average molecular weight is 511 g/mol. The van der Waals surface area contributed by atoms with Crippen molar-refractivity contribution in [3.63, 3.8) is 0 Å². The highest BCUT2D eigenvalue weighted by Crippen LogP contribution is 2.29. The Morgan fingerprint density at radius 1 is 1.00 bits per heavy atom. The van der Waals surface area contributed by atoms with Crippen LogP contribution in [-0.4, -0.2) is 43.9 Å². The van der Waals surface area contributed by atoms with Crippen LogP contribution >= 0.6 is 34.5 Å². The zero-order valence-electron chi connectivity index (χ0n) is 17.8. The Balaban J connectivity index is 1.38. The molecule has 1 aromatic heterocycles. The summed E-state index contributed by atoms with van der Waals surface area (Å²) in [6.45, 7) is 4.13. The number of benzene rings is 2. The first-order chi connectivity index (χ1) is 15.4. The van der Waals surface area contributed by atoms with Gasteiger partial charge in [0, 0.05) is 43.0 Å². The predicted octanol–water partition coefficient (Wildman–Crippen LogP) is 5.50. The summed E-state index contributed by atoms with van der Waals surface area (Å²) in [6.07, 6.45) is 3.05. The van der Waals surface area contributed by atoms with Crippen molar-refractivity contribution in [2.45, 2.75) is 31.1 Å². The molecule has 4 rings (SSSR count). The van der Waals surface area contributed by atoms with Gasteiger partial charge in [-0.2, -0.15) is 4.31 Å². The lowest BCUT2D eigenvalue weighted by atomic mass is 10.1. The van der Waals surface area contributed by atoms with Crippen molar-refractivity contribution in [2.75, 3.05) is 31.1 Å². The molecule has 0 unspecified atom stereocenters. The molecule has 9 heteroatoms. The zero-order chi connectivity index (χ0) is 22.7. The molecular formula is C23H25Cl2N3O2S2. The van der Waals surface area contributed by atoms with Crippen molar-refractivity contribution in [1.29, 1.82) is 0 Å². The normalized spacial score (nSPS) is 15.3. The van der Waals surface area contributed by atoms with Gasteiger partial charge >= 0.3 is 0 Å². The molecule has 1 fully saturated rings. The molecule has 0 atom stereocenters. The van der Waals surface area contributed by atoms with E-state index < -0.39 is 10.0 Å². The SMILES string of the molecule is CCCc1ccc(Cc2csc(N3CCN(S(=O)(=O)c4ccc(Cl)cc4Cl)CC3)n2)cc1. The third kappa shape index (κ3) is 5.29. The molecule has 1 aliphatic heterocycles. The van der Waals surface area contributed by atoms with Crippen molar-refractivity contribution in [3.8, 4) is 0 Å². The number of hydrogen-bond donors (Lipinski definition) is 0. The lowest BCUT2D eigenvalue weighted by molar-refractivity contribution is 0.384. The highest BCUT2D eigenvalue weighted by atomic mass is 35.5. The molecule has 1 aliphatic rings. The van der Waals surface area contributed by atoms with Crippen molar-refractivity contribution < 1.29 is 8.42 Å². The first-order valence-electron chi connectivity index (χ1n) is 10.6. The van der Waals surface area contributed by atoms with E-state index in [0.29, 0.717) is 31.2 Å². The highest BCUT2D eigenvalue weighted by molar-refractivity contribution is 7.89. The second-order valence-corrected chi connectivity index (χ2v) is 11.4. The van der Waals surface area contributed by atoms with Crippen molar-refractivity contribution >= 4 is 49.7 Å². The van der Waals surface area contributed by atoms with Crippen LogP contribution in [0, 0.1) is 0 Å². The highest BCUT2D eigenvalue weighted by Gasteiger charge is 2.31. The number of halogens is 2. The topological polar surface area (TPSA) is 53.5 Å². The molecular weight excluding hydrogens is 485 g/mol. The molecule has 1 saturated heterocycles. The van der Waals surface area contributed by atoms with Crippen LogP contribution in [0.1, 0.15) is 30.2 Å². The number of hydrogen-bond acceptors (Lipinski definition) is 5. The predicted molar refractivity (Wildman–Crippen MR) is 133 cm³/mol. The van der Waals surface area contributed by atoms with Crippen LogP contribution < -0.4 is 4.90 Å². The smallest absolute Gasteiger partial charge is 0.244 e. The van der Waals surface area contributed by atoms with E-state index >= 15 is 0 Å². The summed E-state index contributed by atoms with van der Waals surface area (Å²) in [7, 11) is -3.66. The van der Waals surface area contributed by atoms with Gasteiger partial charge in [-0.3, -0.25) is 0 Å². The maximum Gasteiger partial charge on any atom is 0.244 e. The molecule has 0 N–H and O–H groups in total. The fourth-order valence-electron chi connectivity index (χ4n) is 3.79. The number of anilines is 1. The molecule has 3 aromatic rings. The number of piperazine rings is 1. The number of aromatic nitrogens is 1. The van der Waals surface area contributed by atoms with Gasteiger partial charge in [-0.25, -0.2) is 13.4 Å². The number of rotatable bonds is 7. The third-order valence-corrected chi connectivity index (χ3v) is 9.07. The molecule has 5 nitrogen and oxygen atoms in total. The summed E-state index contributed by atoms with van der Waals surface area (Å²) in [5.74, 6) is 0. The van der Waals surface area contributed by atoms with E-state index in [-0.39, 0.29) is 9.92 Å². The van der Waals surface area contributed by atoms with Gasteiger partial charge in [-0.15, -0.1) is 11.3 Å². The van der Waals surface area contributed by atoms with E-state index in [1.54, 1.807) is 17.4 Å². The Kier molecular flexibility index (Phi) is 7.42. The standard InChI is InChI=1S/C23H25Cl2N3O2S2/c1-2-3-17-4-6-18(7-5-17)14-20-16-31-23(26-20)27-10-12-28(13-11-27)32(29,30)22-9-8-19(24)15-21(22)25/h4-9,15-16H,2-3,10-14H2,1H3. The lowest BCUT2D eigenvalue weighted by Gasteiger charge is -2.33. The Hall–Kier alpha value is -1.64. The molecule has 0 amide bonds. The minimum Gasteiger partial charge on any atom is -0.345 e. The largest absolute Gasteiger partial charge is 0.345 e. The summed E-state index contributed by atoms with van der Waals surface area (Å²) in [5, 5.41) is 3.58. The number of aryl methyl sites for hydroxylation is 1. The van der Waals surface area contributed by atoms with Gasteiger partial charge in [0.25, 0.3) is 0 Å². The second-order valence-electron chi connectivity index (χ2n) is 7.83. The Morgan fingerprint density at radius 3 is 2.34 bits per heavy atom. The van der Waals surface area contributed by atoms with E-state index in [2.05, 4.69) is 41.5 Å². The Labute approximate surface area is 203 Å². The van der Waals surface area contributed by atoms with Crippen molar-refractivity contribution in [3.05, 3.63) is 74.7 Å².